The van der Waals surface area contributed by atoms with Gasteiger partial charge in [0, 0.05) is 5.56 Å². The van der Waals surface area contributed by atoms with E-state index in [1.54, 1.807) is 0 Å². The molecule has 1 rings (SSSR count). The number of benzene rings is 1. The summed E-state index contributed by atoms with van der Waals surface area (Å²) in [6.07, 6.45) is 0. The van der Waals surface area contributed by atoms with Gasteiger partial charge in [-0.15, -0.1) is 0 Å². The van der Waals surface area contributed by atoms with Crippen LogP contribution in [0.1, 0.15) is 19.4 Å². The van der Waals surface area contributed by atoms with E-state index in [4.69, 9.17) is 0 Å². The summed E-state index contributed by atoms with van der Waals surface area (Å²) in [4.78, 5) is 0. The highest BCUT2D eigenvalue weighted by Crippen LogP contribution is 2.19. The third kappa shape index (κ3) is 3.10. The molecule has 0 radical (unpaired) electrons. The Kier molecular flexibility index (Phi) is 3.90. The number of rotatable bonds is 4. The van der Waals surface area contributed by atoms with E-state index in [0.29, 0.717) is 0 Å². The Hall–Kier alpha value is -0.390. The predicted molar refractivity (Wildman–Crippen MR) is 61.2 cm³/mol. The molecule has 13 heavy (non-hydrogen) atoms. The van der Waals surface area contributed by atoms with Gasteiger partial charge in [-0.25, -0.2) is 0 Å². The van der Waals surface area contributed by atoms with Crippen LogP contribution in [0.5, 0.6) is 0 Å². The first kappa shape index (κ1) is 10.7. The normalized spacial score (nSPS) is 11.6. The molecule has 0 aliphatic heterocycles. The third-order valence-electron chi connectivity index (χ3n) is 2.60. The van der Waals surface area contributed by atoms with Crippen LogP contribution < -0.4 is 0 Å². The highest BCUT2D eigenvalue weighted by atomic mass is 31.0. The molecule has 2 heteroatoms. The van der Waals surface area contributed by atoms with Crippen LogP contribution in [0.2, 0.25) is 0 Å². The van der Waals surface area contributed by atoms with Crippen LogP contribution in [0.15, 0.2) is 30.3 Å². The monoisotopic (exact) mass is 196 g/mol. The summed E-state index contributed by atoms with van der Waals surface area (Å²) in [5.41, 5.74) is 1.42. The van der Waals surface area contributed by atoms with Gasteiger partial charge < -0.3 is 4.25 Å². The Labute approximate surface area is 83.6 Å². The highest BCUT2D eigenvalue weighted by molar-refractivity contribution is 7.08. The Morgan fingerprint density at radius 2 is 1.62 bits per heavy atom. The van der Waals surface area contributed by atoms with Crippen LogP contribution in [0.3, 0.4) is 0 Å². The minimum atomic E-state index is 1.05. The van der Waals surface area contributed by atoms with Gasteiger partial charge in [0.25, 0.3) is 0 Å². The van der Waals surface area contributed by atoms with Crippen molar-refractivity contribution >= 4 is 9.39 Å². The van der Waals surface area contributed by atoms with Gasteiger partial charge in [-0.1, -0.05) is 30.3 Å². The van der Waals surface area contributed by atoms with Crippen molar-refractivity contribution in [1.82, 2.24) is 0 Å². The van der Waals surface area contributed by atoms with E-state index in [1.807, 2.05) is 0 Å². The molecule has 1 aromatic carbocycles. The molecule has 72 valence electrons. The summed E-state index contributed by atoms with van der Waals surface area (Å²) >= 11 is 0. The van der Waals surface area contributed by atoms with Crippen molar-refractivity contribution in [3.8, 4) is 0 Å². The minimum absolute atomic E-state index is 1.05. The fourth-order valence-electron chi connectivity index (χ4n) is 1.39. The zero-order valence-corrected chi connectivity index (χ0v) is 9.69. The molecule has 0 aliphatic carbocycles. The molecule has 1 atom stereocenters. The maximum Gasteiger partial charge on any atom is 0.105 e. The van der Waals surface area contributed by atoms with Crippen LogP contribution in [-0.4, -0.2) is 17.3 Å². The second-order valence-electron chi connectivity index (χ2n) is 3.49. The van der Waals surface area contributed by atoms with Crippen molar-refractivity contribution in [3.05, 3.63) is 35.9 Å². The second-order valence-corrected chi connectivity index (χ2v) is 4.59. The Bertz CT molecular complexity index is 242. The number of quaternary nitrogens is 1. The topological polar surface area (TPSA) is 0 Å². The van der Waals surface area contributed by atoms with Gasteiger partial charge in [0.15, 0.2) is 0 Å². The number of hydrogen-bond acceptors (Lipinski definition) is 0. The second kappa shape index (κ2) is 4.74. The van der Waals surface area contributed by atoms with Gasteiger partial charge in [0.2, 0.25) is 0 Å². The van der Waals surface area contributed by atoms with E-state index in [0.717, 1.165) is 23.9 Å². The van der Waals surface area contributed by atoms with Crippen LogP contribution in [0, 0.1) is 0 Å². The summed E-state index contributed by atoms with van der Waals surface area (Å²) in [6, 6.07) is 10.7. The minimum Gasteiger partial charge on any atom is -0.311 e. The summed E-state index contributed by atoms with van der Waals surface area (Å²) in [6.45, 7) is 7.91. The van der Waals surface area contributed by atoms with Crippen LogP contribution in [-0.2, 0) is 6.54 Å². The number of hydrogen-bond donors (Lipinski definition) is 0. The molecule has 0 saturated heterocycles. The lowest BCUT2D eigenvalue weighted by Crippen LogP contribution is -2.35. The smallest absolute Gasteiger partial charge is 0.105 e. The molecule has 0 fully saturated rings. The first-order valence-electron chi connectivity index (χ1n) is 4.89. The summed E-state index contributed by atoms with van der Waals surface area (Å²) in [5.74, 6) is 0. The lowest BCUT2D eigenvalue weighted by atomic mass is 10.2. The Morgan fingerprint density at radius 1 is 1.08 bits per heavy atom. The van der Waals surface area contributed by atoms with Gasteiger partial charge in [0.05, 0.1) is 22.5 Å². The lowest BCUT2D eigenvalue weighted by Gasteiger charge is -2.31. The summed E-state index contributed by atoms with van der Waals surface area (Å²) < 4.78 is 1.05. The standard InChI is InChI=1S/C11H19NP/c1-3-12(13,4-2)10-11-8-6-5-7-9-11/h5-9H,3-4,10,13H2,1-2H3/q+1. The largest absolute Gasteiger partial charge is 0.311 e. The Morgan fingerprint density at radius 3 is 2.08 bits per heavy atom. The van der Waals surface area contributed by atoms with E-state index in [1.165, 1.54) is 5.56 Å². The first-order valence-corrected chi connectivity index (χ1v) is 5.40. The molecule has 0 spiro atoms. The van der Waals surface area contributed by atoms with Gasteiger partial charge >= 0.3 is 0 Å². The van der Waals surface area contributed by atoms with Crippen molar-refractivity contribution in [2.75, 3.05) is 13.1 Å². The van der Waals surface area contributed by atoms with Gasteiger partial charge in [0.1, 0.15) is 6.54 Å². The zero-order valence-electron chi connectivity index (χ0n) is 8.53. The van der Waals surface area contributed by atoms with Crippen LogP contribution in [0.4, 0.5) is 0 Å². The molecular formula is C11H19NP+. The molecule has 0 heterocycles. The van der Waals surface area contributed by atoms with Crippen LogP contribution >= 0.6 is 9.39 Å². The summed E-state index contributed by atoms with van der Waals surface area (Å²) in [5, 5.41) is 0. The van der Waals surface area contributed by atoms with Crippen molar-refractivity contribution in [2.45, 2.75) is 20.4 Å². The van der Waals surface area contributed by atoms with E-state index in [9.17, 15) is 0 Å². The molecule has 0 N–H and O–H groups in total. The number of nitrogens with zero attached hydrogens (tertiary/aromatic N) is 1. The molecule has 1 aromatic rings. The SMILES string of the molecule is CC[N+](P)(CC)Cc1ccccc1. The molecule has 0 aliphatic rings. The molecule has 0 amide bonds. The Balaban J connectivity index is 2.68. The zero-order chi connectivity index (χ0) is 9.73. The van der Waals surface area contributed by atoms with E-state index < -0.39 is 0 Å². The summed E-state index contributed by atoms with van der Waals surface area (Å²) in [7, 11) is 2.95. The maximum absolute atomic E-state index is 2.95. The van der Waals surface area contributed by atoms with Crippen molar-refractivity contribution in [1.29, 1.82) is 0 Å². The van der Waals surface area contributed by atoms with Crippen molar-refractivity contribution in [2.24, 2.45) is 0 Å². The fraction of sp³-hybridized carbons (Fsp3) is 0.455. The molecule has 0 bridgehead atoms. The average Bonchev–Trinajstić information content (AvgIpc) is 2.19. The van der Waals surface area contributed by atoms with Gasteiger partial charge in [-0.2, -0.15) is 0 Å². The lowest BCUT2D eigenvalue weighted by molar-refractivity contribution is -0.810. The van der Waals surface area contributed by atoms with Crippen LogP contribution in [0.25, 0.3) is 0 Å². The van der Waals surface area contributed by atoms with Gasteiger partial charge in [-0.05, 0) is 13.8 Å². The van der Waals surface area contributed by atoms with E-state index >= 15 is 0 Å². The van der Waals surface area contributed by atoms with Crippen molar-refractivity contribution < 1.29 is 4.25 Å². The molecular weight excluding hydrogens is 177 g/mol. The predicted octanol–water partition coefficient (Wildman–Crippen LogP) is 2.83. The van der Waals surface area contributed by atoms with E-state index in [-0.39, 0.29) is 0 Å². The van der Waals surface area contributed by atoms with Crippen molar-refractivity contribution in [3.63, 3.8) is 0 Å². The molecule has 1 nitrogen and oxygen atoms in total. The molecule has 0 aromatic heterocycles. The maximum atomic E-state index is 2.95. The highest BCUT2D eigenvalue weighted by Gasteiger charge is 2.16. The average molecular weight is 196 g/mol. The molecule has 0 saturated carbocycles. The fourth-order valence-corrected chi connectivity index (χ4v) is 1.61. The molecule has 1 unspecified atom stereocenters. The quantitative estimate of drug-likeness (QED) is 0.649. The first-order chi connectivity index (χ1) is 6.20. The van der Waals surface area contributed by atoms with Gasteiger partial charge in [-0.3, -0.25) is 0 Å². The third-order valence-corrected chi connectivity index (χ3v) is 3.51. The van der Waals surface area contributed by atoms with E-state index in [2.05, 4.69) is 53.6 Å².